The van der Waals surface area contributed by atoms with Crippen LogP contribution in [-0.2, 0) is 13.6 Å². The fraction of sp³-hybridized carbons (Fsp3) is 0.235. The van der Waals surface area contributed by atoms with Crippen molar-refractivity contribution in [3.63, 3.8) is 0 Å². The second kappa shape index (κ2) is 6.28. The van der Waals surface area contributed by atoms with Gasteiger partial charge in [-0.3, -0.25) is 4.57 Å². The van der Waals surface area contributed by atoms with Gasteiger partial charge >= 0.3 is 13.2 Å². The van der Waals surface area contributed by atoms with Gasteiger partial charge in [0.15, 0.2) is 5.30 Å². The van der Waals surface area contributed by atoms with Crippen LogP contribution in [0.1, 0.15) is 13.8 Å². The van der Waals surface area contributed by atoms with E-state index in [4.69, 9.17) is 13.5 Å². The van der Waals surface area contributed by atoms with Gasteiger partial charge in [-0.1, -0.05) is 36.4 Å². The zero-order valence-corrected chi connectivity index (χ0v) is 13.8. The molecule has 2 aromatic carbocycles. The first kappa shape index (κ1) is 15.9. The quantitative estimate of drug-likeness (QED) is 0.403. The Morgan fingerprint density at radius 1 is 1.00 bits per heavy atom. The Morgan fingerprint density at radius 2 is 1.65 bits per heavy atom. The van der Waals surface area contributed by atoms with Gasteiger partial charge in [0.1, 0.15) is 5.58 Å². The molecule has 5 nitrogen and oxygen atoms in total. The lowest BCUT2D eigenvalue weighted by Gasteiger charge is -2.16. The zero-order chi connectivity index (χ0) is 16.4. The van der Waals surface area contributed by atoms with E-state index in [1.165, 1.54) is 0 Å². The Balaban J connectivity index is 2.28. The van der Waals surface area contributed by atoms with E-state index in [0.29, 0.717) is 11.0 Å². The van der Waals surface area contributed by atoms with Crippen molar-refractivity contribution >= 4 is 34.6 Å². The van der Waals surface area contributed by atoms with Gasteiger partial charge in [0.25, 0.3) is 0 Å². The van der Waals surface area contributed by atoms with Crippen molar-refractivity contribution in [1.82, 2.24) is 0 Å². The molecule has 0 atom stereocenters. The van der Waals surface area contributed by atoms with Crippen LogP contribution in [0.4, 0.5) is 0 Å². The van der Waals surface area contributed by atoms with Gasteiger partial charge in [-0.15, -0.1) is 0 Å². The summed E-state index contributed by atoms with van der Waals surface area (Å²) < 4.78 is 28.8. The number of hydrogen-bond acceptors (Lipinski definition) is 5. The maximum Gasteiger partial charge on any atom is 0.368 e. The smallest absolute Gasteiger partial charge is 0.368 e. The molecular weight excluding hydrogens is 315 g/mol. The van der Waals surface area contributed by atoms with E-state index in [9.17, 15) is 9.36 Å². The Morgan fingerprint density at radius 3 is 2.35 bits per heavy atom. The van der Waals surface area contributed by atoms with Crippen LogP contribution in [-0.4, -0.2) is 13.2 Å². The fourth-order valence-corrected chi connectivity index (χ4v) is 4.14. The van der Waals surface area contributed by atoms with Gasteiger partial charge in [-0.25, -0.2) is 4.79 Å². The molecule has 0 radical (unpaired) electrons. The second-order valence-electron chi connectivity index (χ2n) is 4.96. The van der Waals surface area contributed by atoms with Crippen molar-refractivity contribution in [1.29, 1.82) is 0 Å². The molecule has 0 amide bonds. The van der Waals surface area contributed by atoms with Crippen LogP contribution in [0.5, 0.6) is 0 Å². The second-order valence-corrected chi connectivity index (χ2v) is 6.95. The summed E-state index contributed by atoms with van der Waals surface area (Å²) in [4.78, 5) is 12.4. The molecule has 0 aliphatic rings. The predicted octanol–water partition coefficient (Wildman–Crippen LogP) is 3.84. The molecule has 3 rings (SSSR count). The average Bonchev–Trinajstić information content (AvgIpc) is 2.54. The molecule has 3 aromatic rings. The SMILES string of the molecule is CCOP(=O)(OCC)c1cc2ccc3ccccc3c2oc1=O. The van der Waals surface area contributed by atoms with Gasteiger partial charge in [-0.05, 0) is 25.3 Å². The Labute approximate surface area is 133 Å². The van der Waals surface area contributed by atoms with E-state index < -0.39 is 13.2 Å². The van der Waals surface area contributed by atoms with E-state index >= 15 is 0 Å². The molecule has 6 heteroatoms. The minimum Gasteiger partial charge on any atom is -0.421 e. The molecule has 120 valence electrons. The first-order valence-corrected chi connectivity index (χ1v) is 8.98. The van der Waals surface area contributed by atoms with E-state index in [0.717, 1.165) is 10.8 Å². The van der Waals surface area contributed by atoms with E-state index in [1.54, 1.807) is 19.9 Å². The molecule has 0 N–H and O–H groups in total. The number of rotatable bonds is 5. The van der Waals surface area contributed by atoms with Crippen molar-refractivity contribution in [3.8, 4) is 0 Å². The molecular formula is C17H17O5P. The summed E-state index contributed by atoms with van der Waals surface area (Å²) >= 11 is 0. The average molecular weight is 332 g/mol. The van der Waals surface area contributed by atoms with Gasteiger partial charge in [0, 0.05) is 10.8 Å². The third-order valence-corrected chi connectivity index (χ3v) is 5.60. The van der Waals surface area contributed by atoms with Crippen molar-refractivity contribution in [2.75, 3.05) is 13.2 Å². The maximum atomic E-state index is 12.8. The van der Waals surface area contributed by atoms with Crippen LogP contribution >= 0.6 is 7.60 Å². The van der Waals surface area contributed by atoms with Crippen LogP contribution in [0.2, 0.25) is 0 Å². The topological polar surface area (TPSA) is 65.7 Å². The molecule has 0 saturated heterocycles. The van der Waals surface area contributed by atoms with Crippen LogP contribution in [0, 0.1) is 0 Å². The molecule has 0 fully saturated rings. The van der Waals surface area contributed by atoms with Crippen LogP contribution in [0.25, 0.3) is 21.7 Å². The standard InChI is InChI=1S/C17H17O5P/c1-3-20-23(19,21-4-2)15-11-13-10-9-12-7-5-6-8-14(12)16(13)22-17(15)18/h5-11H,3-4H2,1-2H3. The summed E-state index contributed by atoms with van der Waals surface area (Å²) in [6, 6.07) is 12.9. The third kappa shape index (κ3) is 2.83. The largest absolute Gasteiger partial charge is 0.421 e. The molecule has 1 aromatic heterocycles. The highest BCUT2D eigenvalue weighted by Gasteiger charge is 2.31. The van der Waals surface area contributed by atoms with Gasteiger partial charge in [0.05, 0.1) is 13.2 Å². The van der Waals surface area contributed by atoms with E-state index in [2.05, 4.69) is 0 Å². The van der Waals surface area contributed by atoms with E-state index in [-0.39, 0.29) is 18.5 Å². The monoisotopic (exact) mass is 332 g/mol. The first-order valence-electron chi connectivity index (χ1n) is 7.44. The lowest BCUT2D eigenvalue weighted by molar-refractivity contribution is 0.229. The fourth-order valence-electron chi connectivity index (χ4n) is 2.55. The van der Waals surface area contributed by atoms with Crippen LogP contribution < -0.4 is 10.9 Å². The Kier molecular flexibility index (Phi) is 4.35. The summed E-state index contributed by atoms with van der Waals surface area (Å²) in [6.45, 7) is 3.74. The Hall–Kier alpha value is -1.94. The van der Waals surface area contributed by atoms with Crippen molar-refractivity contribution in [3.05, 3.63) is 52.9 Å². The Bertz CT molecular complexity index is 950. The van der Waals surface area contributed by atoms with Crippen molar-refractivity contribution in [2.45, 2.75) is 13.8 Å². The highest BCUT2D eigenvalue weighted by molar-refractivity contribution is 7.62. The summed E-state index contributed by atoms with van der Waals surface area (Å²) in [5, 5.41) is 2.41. The maximum absolute atomic E-state index is 12.8. The van der Waals surface area contributed by atoms with Crippen LogP contribution in [0.15, 0.2) is 51.7 Å². The third-order valence-electron chi connectivity index (χ3n) is 3.50. The minimum atomic E-state index is -3.68. The molecule has 0 aliphatic heterocycles. The number of hydrogen-bond donors (Lipinski definition) is 0. The summed E-state index contributed by atoms with van der Waals surface area (Å²) in [5.74, 6) is 0. The molecule has 0 aliphatic carbocycles. The zero-order valence-electron chi connectivity index (χ0n) is 12.9. The number of fused-ring (bicyclic) bond motifs is 3. The molecule has 1 heterocycles. The van der Waals surface area contributed by atoms with Gasteiger partial charge < -0.3 is 13.5 Å². The van der Waals surface area contributed by atoms with E-state index in [1.807, 2.05) is 36.4 Å². The summed E-state index contributed by atoms with van der Waals surface area (Å²) in [6.07, 6.45) is 0. The minimum absolute atomic E-state index is 0.0658. The summed E-state index contributed by atoms with van der Waals surface area (Å²) in [5.41, 5.74) is -0.226. The van der Waals surface area contributed by atoms with Gasteiger partial charge in [-0.2, -0.15) is 0 Å². The lowest BCUT2D eigenvalue weighted by atomic mass is 10.1. The predicted molar refractivity (Wildman–Crippen MR) is 90.5 cm³/mol. The van der Waals surface area contributed by atoms with Crippen molar-refractivity contribution < 1.29 is 18.0 Å². The lowest BCUT2D eigenvalue weighted by Crippen LogP contribution is -2.26. The highest BCUT2D eigenvalue weighted by Crippen LogP contribution is 2.46. The summed E-state index contributed by atoms with van der Waals surface area (Å²) in [7, 11) is -3.68. The molecule has 0 unspecified atom stereocenters. The molecule has 0 saturated carbocycles. The molecule has 0 spiro atoms. The molecule has 0 bridgehead atoms. The van der Waals surface area contributed by atoms with Gasteiger partial charge in [0.2, 0.25) is 0 Å². The molecule has 23 heavy (non-hydrogen) atoms. The van der Waals surface area contributed by atoms with Crippen LogP contribution in [0.3, 0.4) is 0 Å². The number of benzene rings is 2. The van der Waals surface area contributed by atoms with Crippen molar-refractivity contribution in [2.24, 2.45) is 0 Å². The normalized spacial score (nSPS) is 12.1. The highest BCUT2D eigenvalue weighted by atomic mass is 31.2. The first-order chi connectivity index (χ1) is 11.1.